The third-order valence-corrected chi connectivity index (χ3v) is 4.32. The summed E-state index contributed by atoms with van der Waals surface area (Å²) in [4.78, 5) is 14.0. The second-order valence-electron chi connectivity index (χ2n) is 7.56. The molecule has 1 aromatic rings. The summed E-state index contributed by atoms with van der Waals surface area (Å²) >= 11 is 0. The maximum Gasteiger partial charge on any atom is 0.410 e. The van der Waals surface area contributed by atoms with Gasteiger partial charge >= 0.3 is 6.09 Å². The second-order valence-corrected chi connectivity index (χ2v) is 7.56. The van der Waals surface area contributed by atoms with E-state index in [1.54, 1.807) is 4.90 Å². The topological polar surface area (TPSA) is 49.8 Å². The van der Waals surface area contributed by atoms with E-state index in [1.165, 1.54) is 0 Å². The van der Waals surface area contributed by atoms with Crippen LogP contribution in [-0.2, 0) is 4.74 Å². The number of rotatable bonds is 3. The molecule has 1 amide bonds. The number of carbonyl (C=O) groups excluding carboxylic acids is 1. The van der Waals surface area contributed by atoms with Gasteiger partial charge in [0, 0.05) is 12.6 Å². The number of aryl methyl sites for hydroxylation is 1. The fourth-order valence-corrected chi connectivity index (χ4v) is 3.13. The second kappa shape index (κ2) is 7.51. The minimum atomic E-state index is -0.947. The van der Waals surface area contributed by atoms with E-state index < -0.39 is 24.0 Å². The van der Waals surface area contributed by atoms with Crippen LogP contribution in [0, 0.1) is 6.92 Å². The normalized spacial score (nSPS) is 23.0. The molecule has 0 aliphatic carbocycles. The number of aliphatic hydroxyl groups is 1. The van der Waals surface area contributed by atoms with E-state index >= 15 is 0 Å². The Morgan fingerprint density at radius 1 is 1.42 bits per heavy atom. The molecule has 1 aliphatic heterocycles. The van der Waals surface area contributed by atoms with Crippen LogP contribution >= 0.6 is 0 Å². The smallest absolute Gasteiger partial charge is 0.410 e. The molecule has 0 saturated carbocycles. The van der Waals surface area contributed by atoms with Crippen molar-refractivity contribution in [2.75, 3.05) is 6.54 Å². The minimum Gasteiger partial charge on any atom is -0.444 e. The van der Waals surface area contributed by atoms with Gasteiger partial charge in [-0.3, -0.25) is 0 Å². The van der Waals surface area contributed by atoms with Crippen LogP contribution in [0.2, 0.25) is 0 Å². The van der Waals surface area contributed by atoms with Crippen LogP contribution in [0.15, 0.2) is 24.3 Å². The minimum absolute atomic E-state index is 0.238. The van der Waals surface area contributed by atoms with Crippen molar-refractivity contribution in [1.82, 2.24) is 4.90 Å². The van der Waals surface area contributed by atoms with Gasteiger partial charge < -0.3 is 14.7 Å². The molecule has 0 radical (unpaired) electrons. The summed E-state index contributed by atoms with van der Waals surface area (Å²) in [5.41, 5.74) is 1.21. The summed E-state index contributed by atoms with van der Waals surface area (Å²) in [6, 6.07) is 7.22. The number of likely N-dealkylation sites (tertiary alicyclic amines) is 1. The maximum atomic E-state index is 13.9. The fraction of sp³-hybridized carbons (Fsp3) is 0.632. The molecule has 1 heterocycles. The highest BCUT2D eigenvalue weighted by Crippen LogP contribution is 2.30. The highest BCUT2D eigenvalue weighted by Gasteiger charge is 2.35. The standard InChI is InChI=1S/C19H28FNO3/c1-13-7-5-6-8-16(13)17(22)12-15-11-14(20)9-10-21(15)18(23)24-19(2,3)4/h5-8,14-15,17,22H,9-12H2,1-4H3/t14-,15-,17-/m0/s1. The summed E-state index contributed by atoms with van der Waals surface area (Å²) in [6.07, 6.45) is -1.25. The zero-order chi connectivity index (χ0) is 17.9. The van der Waals surface area contributed by atoms with E-state index in [1.807, 2.05) is 52.0 Å². The van der Waals surface area contributed by atoms with Crippen LogP contribution in [0.3, 0.4) is 0 Å². The van der Waals surface area contributed by atoms with Crippen molar-refractivity contribution in [3.05, 3.63) is 35.4 Å². The number of benzene rings is 1. The van der Waals surface area contributed by atoms with Crippen molar-refractivity contribution < 1.29 is 19.0 Å². The van der Waals surface area contributed by atoms with E-state index in [4.69, 9.17) is 4.74 Å². The molecule has 5 heteroatoms. The van der Waals surface area contributed by atoms with Crippen molar-refractivity contribution >= 4 is 6.09 Å². The Kier molecular flexibility index (Phi) is 5.86. The van der Waals surface area contributed by atoms with E-state index in [-0.39, 0.29) is 12.5 Å². The number of hydrogen-bond acceptors (Lipinski definition) is 3. The van der Waals surface area contributed by atoms with E-state index in [2.05, 4.69) is 0 Å². The molecule has 2 rings (SSSR count). The summed E-state index contributed by atoms with van der Waals surface area (Å²) in [7, 11) is 0. The number of carbonyl (C=O) groups is 1. The average molecular weight is 337 g/mol. The van der Waals surface area contributed by atoms with Gasteiger partial charge in [-0.15, -0.1) is 0 Å². The Morgan fingerprint density at radius 2 is 2.08 bits per heavy atom. The molecule has 0 bridgehead atoms. The summed E-state index contributed by atoms with van der Waals surface area (Å²) in [5.74, 6) is 0. The average Bonchev–Trinajstić information content (AvgIpc) is 2.45. The largest absolute Gasteiger partial charge is 0.444 e. The maximum absolute atomic E-state index is 13.9. The van der Waals surface area contributed by atoms with Crippen molar-refractivity contribution in [3.8, 4) is 0 Å². The van der Waals surface area contributed by atoms with Gasteiger partial charge in [-0.1, -0.05) is 24.3 Å². The molecule has 0 spiro atoms. The molecule has 1 saturated heterocycles. The van der Waals surface area contributed by atoms with Crippen molar-refractivity contribution in [2.45, 2.75) is 70.9 Å². The summed E-state index contributed by atoms with van der Waals surface area (Å²) in [6.45, 7) is 7.68. The van der Waals surface area contributed by atoms with Gasteiger partial charge in [-0.25, -0.2) is 9.18 Å². The number of amides is 1. The number of aliphatic hydroxyl groups excluding tert-OH is 1. The lowest BCUT2D eigenvalue weighted by molar-refractivity contribution is -0.00669. The molecule has 0 aromatic heterocycles. The Hall–Kier alpha value is -1.62. The predicted octanol–water partition coefficient (Wildman–Crippen LogP) is 4.16. The van der Waals surface area contributed by atoms with Crippen LogP contribution in [0.4, 0.5) is 9.18 Å². The number of piperidine rings is 1. The Morgan fingerprint density at radius 3 is 2.71 bits per heavy atom. The van der Waals surface area contributed by atoms with Gasteiger partial charge in [0.1, 0.15) is 11.8 Å². The first kappa shape index (κ1) is 18.7. The third kappa shape index (κ3) is 4.94. The zero-order valence-corrected chi connectivity index (χ0v) is 15.0. The molecule has 1 aromatic carbocycles. The molecule has 1 N–H and O–H groups in total. The highest BCUT2D eigenvalue weighted by atomic mass is 19.1. The quantitative estimate of drug-likeness (QED) is 0.901. The molecule has 4 nitrogen and oxygen atoms in total. The van der Waals surface area contributed by atoms with Crippen LogP contribution in [0.25, 0.3) is 0 Å². The van der Waals surface area contributed by atoms with Crippen LogP contribution in [0.5, 0.6) is 0 Å². The summed E-state index contributed by atoms with van der Waals surface area (Å²) < 4.78 is 19.3. The molecule has 1 aliphatic rings. The molecule has 0 unspecified atom stereocenters. The molecular formula is C19H28FNO3. The fourth-order valence-electron chi connectivity index (χ4n) is 3.13. The Bertz CT molecular complexity index is 570. The van der Waals surface area contributed by atoms with Crippen LogP contribution in [0.1, 0.15) is 57.3 Å². The van der Waals surface area contributed by atoms with Gasteiger partial charge in [0.2, 0.25) is 0 Å². The predicted molar refractivity (Wildman–Crippen MR) is 91.6 cm³/mol. The summed E-state index contributed by atoms with van der Waals surface area (Å²) in [5, 5.41) is 10.6. The first-order valence-corrected chi connectivity index (χ1v) is 8.54. The van der Waals surface area contributed by atoms with Gasteiger partial charge in [0.25, 0.3) is 0 Å². The third-order valence-electron chi connectivity index (χ3n) is 4.32. The van der Waals surface area contributed by atoms with Gasteiger partial charge in [0.15, 0.2) is 0 Å². The molecule has 134 valence electrons. The SMILES string of the molecule is Cc1ccccc1[C@@H](O)C[C@@H]1C[C@@H](F)CCN1C(=O)OC(C)(C)C. The number of ether oxygens (including phenoxy) is 1. The lowest BCUT2D eigenvalue weighted by Crippen LogP contribution is -2.49. The van der Waals surface area contributed by atoms with E-state index in [9.17, 15) is 14.3 Å². The monoisotopic (exact) mass is 337 g/mol. The van der Waals surface area contributed by atoms with Crippen LogP contribution in [-0.4, -0.2) is 40.5 Å². The Labute approximate surface area is 143 Å². The van der Waals surface area contributed by atoms with E-state index in [0.29, 0.717) is 19.4 Å². The molecule has 1 fully saturated rings. The first-order valence-electron chi connectivity index (χ1n) is 8.54. The number of hydrogen-bond donors (Lipinski definition) is 1. The van der Waals surface area contributed by atoms with Crippen molar-refractivity contribution in [1.29, 1.82) is 0 Å². The number of halogens is 1. The zero-order valence-electron chi connectivity index (χ0n) is 15.0. The Balaban J connectivity index is 2.11. The molecule has 3 atom stereocenters. The van der Waals surface area contributed by atoms with Crippen molar-refractivity contribution in [2.24, 2.45) is 0 Å². The highest BCUT2D eigenvalue weighted by molar-refractivity contribution is 5.68. The van der Waals surface area contributed by atoms with Crippen LogP contribution < -0.4 is 0 Å². The van der Waals surface area contributed by atoms with Crippen molar-refractivity contribution in [3.63, 3.8) is 0 Å². The van der Waals surface area contributed by atoms with Gasteiger partial charge in [0.05, 0.1) is 6.10 Å². The number of nitrogens with zero attached hydrogens (tertiary/aromatic N) is 1. The lowest BCUT2D eigenvalue weighted by atomic mass is 9.92. The first-order chi connectivity index (χ1) is 11.2. The molecular weight excluding hydrogens is 309 g/mol. The molecule has 24 heavy (non-hydrogen) atoms. The number of alkyl halides is 1. The van der Waals surface area contributed by atoms with Gasteiger partial charge in [-0.2, -0.15) is 0 Å². The lowest BCUT2D eigenvalue weighted by Gasteiger charge is -2.39. The van der Waals surface area contributed by atoms with E-state index in [0.717, 1.165) is 11.1 Å². The van der Waals surface area contributed by atoms with Gasteiger partial charge in [-0.05, 0) is 58.1 Å².